The number of aromatic nitrogens is 3. The molecule has 5 nitrogen and oxygen atoms in total. The van der Waals surface area contributed by atoms with Crippen LogP contribution in [0.1, 0.15) is 31.7 Å². The van der Waals surface area contributed by atoms with Crippen molar-refractivity contribution < 1.29 is 9.53 Å². The topological polar surface area (TPSA) is 57.0 Å². The van der Waals surface area contributed by atoms with Gasteiger partial charge in [-0.15, -0.1) is 0 Å². The van der Waals surface area contributed by atoms with Gasteiger partial charge < -0.3 is 4.74 Å². The number of hydrogen-bond donors (Lipinski definition) is 0. The molecule has 0 bridgehead atoms. The molecule has 0 saturated heterocycles. The highest BCUT2D eigenvalue weighted by Crippen LogP contribution is 2.41. The first kappa shape index (κ1) is 13.4. The Morgan fingerprint density at radius 2 is 2.30 bits per heavy atom. The van der Waals surface area contributed by atoms with Gasteiger partial charge >= 0.3 is 5.97 Å². The molecule has 20 heavy (non-hydrogen) atoms. The first-order chi connectivity index (χ1) is 9.58. The number of fused-ring (bicyclic) bond motifs is 1. The molecule has 0 aliphatic heterocycles. The molecule has 0 radical (unpaired) electrons. The number of halogens is 1. The third-order valence-electron chi connectivity index (χ3n) is 3.96. The smallest absolute Gasteiger partial charge is 0.334 e. The summed E-state index contributed by atoms with van der Waals surface area (Å²) >= 11 is 6.04. The SMILES string of the molecule is CCOC(=O)C1(n2ncc3c(C)cc(Cl)nc32)CCC1. The van der Waals surface area contributed by atoms with Crippen LogP contribution in [0.15, 0.2) is 12.3 Å². The van der Waals surface area contributed by atoms with Crippen molar-refractivity contribution in [2.24, 2.45) is 0 Å². The van der Waals surface area contributed by atoms with Crippen molar-refractivity contribution in [2.75, 3.05) is 6.61 Å². The average Bonchev–Trinajstić information content (AvgIpc) is 2.73. The van der Waals surface area contributed by atoms with E-state index in [2.05, 4.69) is 10.1 Å². The summed E-state index contributed by atoms with van der Waals surface area (Å²) in [5.74, 6) is -0.226. The van der Waals surface area contributed by atoms with E-state index < -0.39 is 5.54 Å². The van der Waals surface area contributed by atoms with Crippen LogP contribution < -0.4 is 0 Å². The summed E-state index contributed by atoms with van der Waals surface area (Å²) in [6, 6.07) is 1.80. The number of carbonyl (C=O) groups is 1. The first-order valence-corrected chi connectivity index (χ1v) is 7.15. The predicted octanol–water partition coefficient (Wildman–Crippen LogP) is 2.84. The van der Waals surface area contributed by atoms with Crippen LogP contribution in [0, 0.1) is 6.92 Å². The number of nitrogens with zero attached hydrogens (tertiary/aromatic N) is 3. The van der Waals surface area contributed by atoms with Gasteiger partial charge in [0.2, 0.25) is 0 Å². The summed E-state index contributed by atoms with van der Waals surface area (Å²) in [6.45, 7) is 4.14. The Hall–Kier alpha value is -1.62. The van der Waals surface area contributed by atoms with Crippen LogP contribution in [0.5, 0.6) is 0 Å². The quantitative estimate of drug-likeness (QED) is 0.645. The molecule has 2 heterocycles. The van der Waals surface area contributed by atoms with Crippen molar-refractivity contribution in [3.8, 4) is 0 Å². The van der Waals surface area contributed by atoms with E-state index in [1.165, 1.54) is 0 Å². The van der Waals surface area contributed by atoms with E-state index in [-0.39, 0.29) is 5.97 Å². The summed E-state index contributed by atoms with van der Waals surface area (Å²) in [7, 11) is 0. The van der Waals surface area contributed by atoms with Crippen molar-refractivity contribution in [1.82, 2.24) is 14.8 Å². The monoisotopic (exact) mass is 293 g/mol. The molecule has 1 saturated carbocycles. The van der Waals surface area contributed by atoms with Gasteiger partial charge in [0.15, 0.2) is 11.2 Å². The maximum absolute atomic E-state index is 12.3. The molecule has 0 spiro atoms. The van der Waals surface area contributed by atoms with Gasteiger partial charge in [-0.2, -0.15) is 5.10 Å². The molecule has 2 aromatic heterocycles. The molecule has 0 unspecified atom stereocenters. The van der Waals surface area contributed by atoms with Crippen molar-refractivity contribution in [2.45, 2.75) is 38.6 Å². The van der Waals surface area contributed by atoms with Crippen LogP contribution in [0.2, 0.25) is 5.15 Å². The Balaban J connectivity index is 2.16. The Bertz CT molecular complexity index is 676. The van der Waals surface area contributed by atoms with Gasteiger partial charge in [-0.05, 0) is 44.7 Å². The third-order valence-corrected chi connectivity index (χ3v) is 4.15. The Morgan fingerprint density at radius 1 is 1.55 bits per heavy atom. The standard InChI is InChI=1S/C14H16ClN3O2/c1-3-20-13(19)14(5-4-6-14)18-12-10(8-16-18)9(2)7-11(15)17-12/h7-8H,3-6H2,1-2H3. The molecule has 1 fully saturated rings. The fourth-order valence-electron chi connectivity index (χ4n) is 2.71. The van der Waals surface area contributed by atoms with E-state index in [1.54, 1.807) is 16.9 Å². The second-order valence-corrected chi connectivity index (χ2v) is 5.55. The lowest BCUT2D eigenvalue weighted by molar-refractivity contribution is -0.159. The lowest BCUT2D eigenvalue weighted by atomic mass is 9.77. The highest BCUT2D eigenvalue weighted by atomic mass is 35.5. The molecule has 3 rings (SSSR count). The number of carbonyl (C=O) groups excluding carboxylic acids is 1. The molecule has 0 N–H and O–H groups in total. The molecule has 1 aliphatic rings. The Labute approximate surface area is 121 Å². The fraction of sp³-hybridized carbons (Fsp3) is 0.500. The zero-order valence-electron chi connectivity index (χ0n) is 11.5. The third kappa shape index (κ3) is 1.80. The minimum atomic E-state index is -0.706. The number of pyridine rings is 1. The molecular formula is C14H16ClN3O2. The van der Waals surface area contributed by atoms with E-state index in [0.29, 0.717) is 17.4 Å². The molecule has 0 atom stereocenters. The Kier molecular flexibility index (Phi) is 3.17. The number of ether oxygens (including phenoxy) is 1. The van der Waals surface area contributed by atoms with Gasteiger partial charge in [-0.1, -0.05) is 11.6 Å². The van der Waals surface area contributed by atoms with Gasteiger partial charge in [0, 0.05) is 5.39 Å². The van der Waals surface area contributed by atoms with Crippen LogP contribution in [0.25, 0.3) is 11.0 Å². The minimum Gasteiger partial charge on any atom is -0.464 e. The van der Waals surface area contributed by atoms with Crippen LogP contribution in [0.4, 0.5) is 0 Å². The summed E-state index contributed by atoms with van der Waals surface area (Å²) in [5, 5.41) is 5.72. The molecular weight excluding hydrogens is 278 g/mol. The second-order valence-electron chi connectivity index (χ2n) is 5.16. The lowest BCUT2D eigenvalue weighted by Crippen LogP contribution is -2.49. The summed E-state index contributed by atoms with van der Waals surface area (Å²) < 4.78 is 6.92. The van der Waals surface area contributed by atoms with Crippen molar-refractivity contribution in [1.29, 1.82) is 0 Å². The minimum absolute atomic E-state index is 0.226. The van der Waals surface area contributed by atoms with Crippen molar-refractivity contribution in [3.05, 3.63) is 23.0 Å². The zero-order valence-corrected chi connectivity index (χ0v) is 12.3. The number of aryl methyl sites for hydroxylation is 1. The van der Waals surface area contributed by atoms with E-state index in [0.717, 1.165) is 30.2 Å². The van der Waals surface area contributed by atoms with E-state index in [9.17, 15) is 4.79 Å². The maximum atomic E-state index is 12.3. The number of esters is 1. The van der Waals surface area contributed by atoms with Crippen LogP contribution in [-0.4, -0.2) is 27.3 Å². The zero-order chi connectivity index (χ0) is 14.3. The maximum Gasteiger partial charge on any atom is 0.334 e. The molecule has 6 heteroatoms. The largest absolute Gasteiger partial charge is 0.464 e. The molecule has 1 aliphatic carbocycles. The second kappa shape index (κ2) is 4.74. The normalized spacial score (nSPS) is 16.9. The van der Waals surface area contributed by atoms with Crippen LogP contribution >= 0.6 is 11.6 Å². The highest BCUT2D eigenvalue weighted by molar-refractivity contribution is 6.29. The van der Waals surface area contributed by atoms with Crippen molar-refractivity contribution in [3.63, 3.8) is 0 Å². The van der Waals surface area contributed by atoms with Gasteiger partial charge in [-0.3, -0.25) is 0 Å². The number of hydrogen-bond acceptors (Lipinski definition) is 4. The molecule has 0 aromatic carbocycles. The summed E-state index contributed by atoms with van der Waals surface area (Å²) in [4.78, 5) is 16.7. The van der Waals surface area contributed by atoms with Crippen LogP contribution in [-0.2, 0) is 15.1 Å². The molecule has 106 valence electrons. The van der Waals surface area contributed by atoms with E-state index in [1.807, 2.05) is 13.8 Å². The molecule has 2 aromatic rings. The first-order valence-electron chi connectivity index (χ1n) is 6.77. The van der Waals surface area contributed by atoms with Crippen LogP contribution in [0.3, 0.4) is 0 Å². The highest BCUT2D eigenvalue weighted by Gasteiger charge is 2.49. The number of rotatable bonds is 3. The van der Waals surface area contributed by atoms with Crippen molar-refractivity contribution >= 4 is 28.6 Å². The van der Waals surface area contributed by atoms with Gasteiger partial charge in [0.05, 0.1) is 12.8 Å². The Morgan fingerprint density at radius 3 is 2.90 bits per heavy atom. The molecule has 0 amide bonds. The van der Waals surface area contributed by atoms with Gasteiger partial charge in [-0.25, -0.2) is 14.5 Å². The lowest BCUT2D eigenvalue weighted by Gasteiger charge is -2.39. The predicted molar refractivity (Wildman–Crippen MR) is 75.7 cm³/mol. The van der Waals surface area contributed by atoms with E-state index >= 15 is 0 Å². The summed E-state index contributed by atoms with van der Waals surface area (Å²) in [6.07, 6.45) is 4.19. The average molecular weight is 294 g/mol. The van der Waals surface area contributed by atoms with E-state index in [4.69, 9.17) is 16.3 Å². The fourth-order valence-corrected chi connectivity index (χ4v) is 2.95. The summed E-state index contributed by atoms with van der Waals surface area (Å²) in [5.41, 5.74) is 0.953. The van der Waals surface area contributed by atoms with Gasteiger partial charge in [0.25, 0.3) is 0 Å². The van der Waals surface area contributed by atoms with Gasteiger partial charge in [0.1, 0.15) is 5.15 Å².